The van der Waals surface area contributed by atoms with E-state index in [1.54, 1.807) is 12.1 Å². The molecule has 3 aromatic carbocycles. The van der Waals surface area contributed by atoms with Gasteiger partial charge in [-0.25, -0.2) is 13.5 Å². The number of hydrogen-bond acceptors (Lipinski definition) is 5. The molecule has 1 atom stereocenters. The number of aromatic nitrogens is 3. The van der Waals surface area contributed by atoms with Gasteiger partial charge >= 0.3 is 0 Å². The lowest BCUT2D eigenvalue weighted by Crippen LogP contribution is -2.39. The van der Waals surface area contributed by atoms with Crippen molar-refractivity contribution in [2.45, 2.75) is 6.04 Å². The van der Waals surface area contributed by atoms with E-state index in [2.05, 4.69) is 27.3 Å². The minimum atomic E-state index is -1.09. The fourth-order valence-electron chi connectivity index (χ4n) is 3.83. The molecule has 0 amide bonds. The van der Waals surface area contributed by atoms with E-state index in [-0.39, 0.29) is 17.1 Å². The highest BCUT2D eigenvalue weighted by atomic mass is 19.1. The first-order chi connectivity index (χ1) is 14.6. The standard InChI is InChI=1S/C22H18F2N4O2/c23-17-12-18-21(20(24)22(17)29)28(26-25-18)16-8-6-15(7-9-16)27-10-11-30-13-19(27)14-4-2-1-3-5-14/h1-9,12,19,29H,10-11,13H2/t19-/m0/s1. The Labute approximate surface area is 170 Å². The topological polar surface area (TPSA) is 63.4 Å². The largest absolute Gasteiger partial charge is 0.503 e. The summed E-state index contributed by atoms with van der Waals surface area (Å²) in [6.07, 6.45) is 0. The van der Waals surface area contributed by atoms with Crippen LogP contribution in [0, 0.1) is 11.6 Å². The van der Waals surface area contributed by atoms with Crippen molar-refractivity contribution in [3.63, 3.8) is 0 Å². The van der Waals surface area contributed by atoms with Gasteiger partial charge in [-0.2, -0.15) is 0 Å². The number of ether oxygens (including phenoxy) is 1. The van der Waals surface area contributed by atoms with Gasteiger partial charge in [-0.15, -0.1) is 5.10 Å². The van der Waals surface area contributed by atoms with Crippen molar-refractivity contribution in [1.82, 2.24) is 15.0 Å². The molecule has 30 heavy (non-hydrogen) atoms. The number of benzene rings is 3. The van der Waals surface area contributed by atoms with Gasteiger partial charge in [0.15, 0.2) is 17.4 Å². The second-order valence-electron chi connectivity index (χ2n) is 7.10. The van der Waals surface area contributed by atoms with E-state index >= 15 is 0 Å². The van der Waals surface area contributed by atoms with Crippen LogP contribution < -0.4 is 4.90 Å². The van der Waals surface area contributed by atoms with Crippen LogP contribution in [0.4, 0.5) is 14.5 Å². The van der Waals surface area contributed by atoms with Gasteiger partial charge in [-0.05, 0) is 29.8 Å². The molecule has 1 N–H and O–H groups in total. The molecule has 152 valence electrons. The Balaban J connectivity index is 1.50. The molecule has 1 saturated heterocycles. The fourth-order valence-corrected chi connectivity index (χ4v) is 3.83. The second-order valence-corrected chi connectivity index (χ2v) is 7.10. The average Bonchev–Trinajstić information content (AvgIpc) is 3.22. The molecule has 5 rings (SSSR count). The third-order valence-corrected chi connectivity index (χ3v) is 5.34. The van der Waals surface area contributed by atoms with E-state index in [1.807, 2.05) is 30.3 Å². The number of rotatable bonds is 3. The van der Waals surface area contributed by atoms with Gasteiger partial charge in [0, 0.05) is 18.3 Å². The lowest BCUT2D eigenvalue weighted by Gasteiger charge is -2.37. The van der Waals surface area contributed by atoms with Crippen LogP contribution in [0.25, 0.3) is 16.7 Å². The number of halogens is 2. The minimum Gasteiger partial charge on any atom is -0.503 e. The fraction of sp³-hybridized carbons (Fsp3) is 0.182. The molecule has 1 aliphatic heterocycles. The first-order valence-corrected chi connectivity index (χ1v) is 9.55. The molecule has 0 spiro atoms. The molecular formula is C22H18F2N4O2. The van der Waals surface area contributed by atoms with Crippen LogP contribution in [0.3, 0.4) is 0 Å². The average molecular weight is 408 g/mol. The van der Waals surface area contributed by atoms with Crippen LogP contribution in [0.5, 0.6) is 5.75 Å². The van der Waals surface area contributed by atoms with E-state index in [1.165, 1.54) is 10.2 Å². The maximum absolute atomic E-state index is 14.4. The molecule has 6 nitrogen and oxygen atoms in total. The highest BCUT2D eigenvalue weighted by Gasteiger charge is 2.25. The molecule has 2 heterocycles. The van der Waals surface area contributed by atoms with E-state index in [0.717, 1.165) is 18.3 Å². The first-order valence-electron chi connectivity index (χ1n) is 9.55. The predicted octanol–water partition coefficient (Wildman–Crippen LogP) is 3.98. The summed E-state index contributed by atoms with van der Waals surface area (Å²) in [5.41, 5.74) is 2.67. The van der Waals surface area contributed by atoms with Crippen molar-refractivity contribution in [1.29, 1.82) is 0 Å². The zero-order chi connectivity index (χ0) is 20.7. The summed E-state index contributed by atoms with van der Waals surface area (Å²) in [5.74, 6) is -3.19. The normalized spacial score (nSPS) is 16.9. The van der Waals surface area contributed by atoms with Crippen LogP contribution in [0.2, 0.25) is 0 Å². The highest BCUT2D eigenvalue weighted by molar-refractivity contribution is 5.79. The predicted molar refractivity (Wildman–Crippen MR) is 108 cm³/mol. The van der Waals surface area contributed by atoms with E-state index < -0.39 is 17.4 Å². The van der Waals surface area contributed by atoms with Crippen LogP contribution in [-0.4, -0.2) is 39.9 Å². The smallest absolute Gasteiger partial charge is 0.195 e. The van der Waals surface area contributed by atoms with Crippen LogP contribution in [-0.2, 0) is 4.74 Å². The van der Waals surface area contributed by atoms with Crippen molar-refractivity contribution in [2.75, 3.05) is 24.7 Å². The second kappa shape index (κ2) is 7.38. The molecule has 4 aromatic rings. The van der Waals surface area contributed by atoms with Gasteiger partial charge in [-0.1, -0.05) is 35.5 Å². The van der Waals surface area contributed by atoms with Crippen molar-refractivity contribution in [2.24, 2.45) is 0 Å². The van der Waals surface area contributed by atoms with Gasteiger partial charge in [0.1, 0.15) is 11.0 Å². The summed E-state index contributed by atoms with van der Waals surface area (Å²) in [7, 11) is 0. The van der Waals surface area contributed by atoms with E-state index in [4.69, 9.17) is 4.74 Å². The summed E-state index contributed by atoms with van der Waals surface area (Å²) >= 11 is 0. The molecule has 0 unspecified atom stereocenters. The first kappa shape index (κ1) is 18.5. The Morgan fingerprint density at radius 3 is 2.50 bits per heavy atom. The number of phenols is 1. The SMILES string of the molecule is Oc1c(F)cc2nnn(-c3ccc(N4CCOC[C@H]4c4ccccc4)cc3)c2c1F. The van der Waals surface area contributed by atoms with E-state index in [9.17, 15) is 13.9 Å². The van der Waals surface area contributed by atoms with Crippen LogP contribution in [0.15, 0.2) is 60.7 Å². The summed E-state index contributed by atoms with van der Waals surface area (Å²) in [4.78, 5) is 2.27. The zero-order valence-electron chi connectivity index (χ0n) is 15.9. The molecule has 8 heteroatoms. The van der Waals surface area contributed by atoms with Crippen molar-refractivity contribution in [3.05, 3.63) is 77.9 Å². The van der Waals surface area contributed by atoms with Gasteiger partial charge in [0.2, 0.25) is 0 Å². The van der Waals surface area contributed by atoms with Gasteiger partial charge in [0.05, 0.1) is 24.9 Å². The Morgan fingerprint density at radius 1 is 1.00 bits per heavy atom. The number of anilines is 1. The van der Waals surface area contributed by atoms with Crippen molar-refractivity contribution >= 4 is 16.7 Å². The molecule has 1 aliphatic rings. The van der Waals surface area contributed by atoms with Crippen molar-refractivity contribution < 1.29 is 18.6 Å². The van der Waals surface area contributed by atoms with Gasteiger partial charge in [0.25, 0.3) is 0 Å². The summed E-state index contributed by atoms with van der Waals surface area (Å²) in [6, 6.07) is 18.6. The Hall–Kier alpha value is -3.52. The Bertz CT molecular complexity index is 1200. The van der Waals surface area contributed by atoms with Gasteiger partial charge in [-0.3, -0.25) is 0 Å². The zero-order valence-corrected chi connectivity index (χ0v) is 15.9. The monoisotopic (exact) mass is 408 g/mol. The molecule has 0 radical (unpaired) electrons. The molecule has 1 fully saturated rings. The number of hydrogen-bond donors (Lipinski definition) is 1. The van der Waals surface area contributed by atoms with Crippen LogP contribution >= 0.6 is 0 Å². The maximum atomic E-state index is 14.4. The summed E-state index contributed by atoms with van der Waals surface area (Å²) in [6.45, 7) is 1.97. The summed E-state index contributed by atoms with van der Waals surface area (Å²) in [5, 5.41) is 17.4. The molecule has 1 aromatic heterocycles. The Morgan fingerprint density at radius 2 is 1.73 bits per heavy atom. The molecule has 0 saturated carbocycles. The van der Waals surface area contributed by atoms with Gasteiger partial charge < -0.3 is 14.7 Å². The number of phenolic OH excluding ortho intramolecular Hbond substituents is 1. The third kappa shape index (κ3) is 3.05. The molecular weight excluding hydrogens is 390 g/mol. The number of nitrogens with zero attached hydrogens (tertiary/aromatic N) is 4. The maximum Gasteiger partial charge on any atom is 0.195 e. The van der Waals surface area contributed by atoms with E-state index in [0.29, 0.717) is 18.9 Å². The number of aromatic hydroxyl groups is 1. The quantitative estimate of drug-likeness (QED) is 0.556. The molecule has 0 aliphatic carbocycles. The van der Waals surface area contributed by atoms with Crippen molar-refractivity contribution in [3.8, 4) is 11.4 Å². The third-order valence-electron chi connectivity index (χ3n) is 5.34. The lowest BCUT2D eigenvalue weighted by molar-refractivity contribution is 0.0941. The lowest BCUT2D eigenvalue weighted by atomic mass is 10.0. The Kier molecular flexibility index (Phi) is 4.55. The minimum absolute atomic E-state index is 0.0317. The highest BCUT2D eigenvalue weighted by Crippen LogP contribution is 2.32. The summed E-state index contributed by atoms with van der Waals surface area (Å²) < 4.78 is 35.0. The molecule has 0 bridgehead atoms. The van der Waals surface area contributed by atoms with Crippen LogP contribution in [0.1, 0.15) is 11.6 Å². The number of fused-ring (bicyclic) bond motifs is 1. The number of morpholine rings is 1.